The minimum atomic E-state index is -1.29. The van der Waals surface area contributed by atoms with Crippen LogP contribution in [0.15, 0.2) is 18.2 Å². The predicted molar refractivity (Wildman–Crippen MR) is 155 cm³/mol. The smallest absolute Gasteiger partial charge is 0.410 e. The van der Waals surface area contributed by atoms with E-state index in [0.29, 0.717) is 29.8 Å². The van der Waals surface area contributed by atoms with Crippen LogP contribution in [0.3, 0.4) is 0 Å². The molecule has 0 spiro atoms. The molecule has 14 heteroatoms. The number of amides is 1. The van der Waals surface area contributed by atoms with Crippen LogP contribution in [-0.4, -0.2) is 70.2 Å². The fourth-order valence-corrected chi connectivity index (χ4v) is 6.11. The number of carbonyl (C=O) groups is 2. The van der Waals surface area contributed by atoms with Crippen molar-refractivity contribution in [1.82, 2.24) is 14.9 Å². The minimum absolute atomic E-state index is 0.0281. The molecular weight excluding hydrogens is 587 g/mol. The molecule has 4 rings (SSSR count). The Bertz CT molecular complexity index is 1440. The van der Waals surface area contributed by atoms with Gasteiger partial charge >= 0.3 is 17.7 Å². The Morgan fingerprint density at radius 3 is 2.64 bits per heavy atom. The molecule has 0 radical (unpaired) electrons. The van der Waals surface area contributed by atoms with E-state index in [0.717, 1.165) is 5.56 Å². The molecule has 224 valence electrons. The Hall–Kier alpha value is -3.69. The Labute approximate surface area is 253 Å². The van der Waals surface area contributed by atoms with Crippen molar-refractivity contribution in [3.05, 3.63) is 55.4 Å². The second kappa shape index (κ2) is 12.3. The van der Waals surface area contributed by atoms with E-state index in [9.17, 15) is 25.0 Å². The highest BCUT2D eigenvalue weighted by Gasteiger charge is 2.47. The Morgan fingerprint density at radius 2 is 2.00 bits per heavy atom. The molecule has 1 aromatic heterocycles. The summed E-state index contributed by atoms with van der Waals surface area (Å²) in [5.41, 5.74) is -0.920. The van der Waals surface area contributed by atoms with E-state index in [2.05, 4.69) is 16.0 Å². The van der Waals surface area contributed by atoms with Crippen LogP contribution in [0, 0.1) is 21.4 Å². The molecule has 0 bridgehead atoms. The maximum atomic E-state index is 13.4. The van der Waals surface area contributed by atoms with Crippen LogP contribution in [0.25, 0.3) is 0 Å². The number of benzene rings is 1. The van der Waals surface area contributed by atoms with Gasteiger partial charge in [-0.2, -0.15) is 10.2 Å². The summed E-state index contributed by atoms with van der Waals surface area (Å²) < 4.78 is 10.7. The molecule has 12 nitrogen and oxygen atoms in total. The number of aromatic nitrogens is 2. The number of piperazine rings is 1. The quantitative estimate of drug-likeness (QED) is 0.187. The number of methoxy groups -OCH3 is 1. The zero-order chi connectivity index (χ0) is 30.8. The van der Waals surface area contributed by atoms with Crippen LogP contribution < -0.4 is 4.90 Å². The lowest BCUT2D eigenvalue weighted by Gasteiger charge is -2.41. The van der Waals surface area contributed by atoms with Crippen LogP contribution in [0.1, 0.15) is 56.9 Å². The second-order valence-electron chi connectivity index (χ2n) is 11.4. The summed E-state index contributed by atoms with van der Waals surface area (Å²) in [4.78, 5) is 49.9. The number of esters is 1. The zero-order valence-corrected chi connectivity index (χ0v) is 25.4. The summed E-state index contributed by atoms with van der Waals surface area (Å²) in [5.74, 6) is -0.611. The number of hydrogen-bond donors (Lipinski definition) is 0. The lowest BCUT2D eigenvalue weighted by Crippen LogP contribution is -2.56. The summed E-state index contributed by atoms with van der Waals surface area (Å²) in [5, 5.41) is 22.3. The molecule has 1 unspecified atom stereocenters. The molecule has 2 atom stereocenters. The van der Waals surface area contributed by atoms with Gasteiger partial charge in [-0.15, -0.1) is 0 Å². The zero-order valence-electron chi connectivity index (χ0n) is 23.9. The maximum absolute atomic E-state index is 13.4. The van der Waals surface area contributed by atoms with E-state index in [1.807, 2.05) is 6.07 Å². The normalized spacial score (nSPS) is 20.4. The number of rotatable bonds is 6. The molecule has 1 saturated heterocycles. The number of ether oxygens (including phenoxy) is 2. The fraction of sp³-hybridized carbons (Fsp3) is 0.536. The molecule has 1 aliphatic carbocycles. The topological polar surface area (TPSA) is 152 Å². The number of halogens is 2. The third kappa shape index (κ3) is 6.37. The van der Waals surface area contributed by atoms with Gasteiger partial charge in [0.15, 0.2) is 0 Å². The van der Waals surface area contributed by atoms with E-state index in [4.69, 9.17) is 32.7 Å². The highest BCUT2D eigenvalue weighted by molar-refractivity contribution is 6.30. The third-order valence-electron chi connectivity index (χ3n) is 7.51. The number of hydrogen-bond acceptors (Lipinski definition) is 10. The van der Waals surface area contributed by atoms with Crippen molar-refractivity contribution in [1.29, 1.82) is 5.26 Å². The largest absolute Gasteiger partial charge is 0.468 e. The van der Waals surface area contributed by atoms with Crippen LogP contribution in [0.4, 0.5) is 16.3 Å². The lowest BCUT2D eigenvalue weighted by molar-refractivity contribution is -0.385. The van der Waals surface area contributed by atoms with E-state index in [1.165, 1.54) is 12.0 Å². The number of anilines is 1. The first-order chi connectivity index (χ1) is 19.8. The Morgan fingerprint density at radius 1 is 1.26 bits per heavy atom. The van der Waals surface area contributed by atoms with Gasteiger partial charge in [0.05, 0.1) is 36.0 Å². The molecule has 2 aromatic rings. The van der Waals surface area contributed by atoms with Crippen molar-refractivity contribution in [3.8, 4) is 6.07 Å². The molecule has 2 heterocycles. The number of carbonyl (C=O) groups excluding carboxylic acids is 2. The highest BCUT2D eigenvalue weighted by atomic mass is 35.5. The van der Waals surface area contributed by atoms with Gasteiger partial charge in [-0.1, -0.05) is 17.7 Å². The third-order valence-corrected chi connectivity index (χ3v) is 7.92. The van der Waals surface area contributed by atoms with E-state index >= 15 is 0 Å². The highest BCUT2D eigenvalue weighted by Crippen LogP contribution is 2.44. The van der Waals surface area contributed by atoms with Gasteiger partial charge in [-0.05, 0) is 74.9 Å². The number of nitro groups is 1. The maximum Gasteiger partial charge on any atom is 0.410 e. The summed E-state index contributed by atoms with van der Waals surface area (Å²) in [6.07, 6.45) is 0.945. The predicted octanol–water partition coefficient (Wildman–Crippen LogP) is 5.02. The van der Waals surface area contributed by atoms with Gasteiger partial charge < -0.3 is 19.3 Å². The first kappa shape index (κ1) is 31.3. The van der Waals surface area contributed by atoms with Gasteiger partial charge in [0.2, 0.25) is 11.1 Å². The molecule has 1 aromatic carbocycles. The molecule has 42 heavy (non-hydrogen) atoms. The first-order valence-corrected chi connectivity index (χ1v) is 14.2. The van der Waals surface area contributed by atoms with Gasteiger partial charge in [0, 0.05) is 31.1 Å². The molecule has 1 amide bonds. The van der Waals surface area contributed by atoms with Crippen molar-refractivity contribution in [2.24, 2.45) is 0 Å². The van der Waals surface area contributed by atoms with E-state index < -0.39 is 39.7 Å². The molecule has 1 fully saturated rings. The van der Waals surface area contributed by atoms with E-state index in [1.54, 1.807) is 37.8 Å². The molecule has 1 aliphatic heterocycles. The number of aryl methyl sites for hydroxylation is 1. The van der Waals surface area contributed by atoms with Crippen LogP contribution in [0.2, 0.25) is 10.3 Å². The summed E-state index contributed by atoms with van der Waals surface area (Å²) >= 11 is 12.7. The summed E-state index contributed by atoms with van der Waals surface area (Å²) in [6, 6.07) is 6.74. The number of nitrogens with zero attached hydrogens (tertiary/aromatic N) is 6. The fourth-order valence-electron chi connectivity index (χ4n) is 5.75. The monoisotopic (exact) mass is 618 g/mol. The molecule has 0 N–H and O–H groups in total. The van der Waals surface area contributed by atoms with Gasteiger partial charge in [-0.25, -0.2) is 9.78 Å². The van der Waals surface area contributed by atoms with Crippen molar-refractivity contribution in [2.75, 3.05) is 31.6 Å². The second-order valence-corrected chi connectivity index (χ2v) is 12.2. The molecule has 0 saturated carbocycles. The number of fused-ring (bicyclic) bond motifs is 1. The van der Waals surface area contributed by atoms with Crippen LogP contribution >= 0.6 is 23.2 Å². The average molecular weight is 620 g/mol. The standard InChI is InChI=1S/C28H32Cl2N6O6/c1-27(2,3)42-26(38)35-13-12-34(16-19(35)9-11-31)23-22(36(39)40)21(32-25(30)33-23)15-28(24(37)41-4)10-5-6-17-7-8-18(29)14-20(17)28/h7-8,14,19H,5-6,9-10,12-13,15-16H2,1-4H3/t19-,28?/m0/s1. The van der Waals surface area contributed by atoms with Crippen molar-refractivity contribution < 1.29 is 24.0 Å². The Balaban J connectivity index is 1.77. The van der Waals surface area contributed by atoms with E-state index in [-0.39, 0.29) is 49.3 Å². The molecule has 2 aliphatic rings. The SMILES string of the molecule is COC(=O)C1(Cc2nc(Cl)nc(N3CCN(C(=O)OC(C)(C)C)[C@@H](CC#N)C3)c2[N+](=O)[O-])CCCc2ccc(Cl)cc21. The lowest BCUT2D eigenvalue weighted by atomic mass is 9.67. The summed E-state index contributed by atoms with van der Waals surface area (Å²) in [6.45, 7) is 5.60. The van der Waals surface area contributed by atoms with Crippen molar-refractivity contribution in [2.45, 2.75) is 69.9 Å². The average Bonchev–Trinajstić information content (AvgIpc) is 2.91. The van der Waals surface area contributed by atoms with Gasteiger partial charge in [-0.3, -0.25) is 14.9 Å². The van der Waals surface area contributed by atoms with Crippen LogP contribution in [0.5, 0.6) is 0 Å². The number of nitriles is 1. The minimum Gasteiger partial charge on any atom is -0.468 e. The van der Waals surface area contributed by atoms with Crippen molar-refractivity contribution >= 4 is 46.8 Å². The molecular formula is C28H32Cl2N6O6. The summed E-state index contributed by atoms with van der Waals surface area (Å²) in [7, 11) is 1.27. The van der Waals surface area contributed by atoms with Crippen LogP contribution in [-0.2, 0) is 32.5 Å². The first-order valence-electron chi connectivity index (χ1n) is 13.5. The van der Waals surface area contributed by atoms with Gasteiger partial charge in [0.1, 0.15) is 11.3 Å². The van der Waals surface area contributed by atoms with Gasteiger partial charge in [0.25, 0.3) is 0 Å². The Kier molecular flexibility index (Phi) is 9.13. The van der Waals surface area contributed by atoms with Crippen molar-refractivity contribution in [3.63, 3.8) is 0 Å².